The van der Waals surface area contributed by atoms with Gasteiger partial charge in [-0.3, -0.25) is 0 Å². The van der Waals surface area contributed by atoms with Crippen LogP contribution in [0.3, 0.4) is 0 Å². The second kappa shape index (κ2) is 5.24. The van der Waals surface area contributed by atoms with Gasteiger partial charge in [0.2, 0.25) is 0 Å². The van der Waals surface area contributed by atoms with E-state index in [1.807, 2.05) is 0 Å². The fraction of sp³-hybridized carbons (Fsp3) is 0.217. The molecule has 2 aliphatic rings. The van der Waals surface area contributed by atoms with E-state index < -0.39 is 0 Å². The lowest BCUT2D eigenvalue weighted by Crippen LogP contribution is -2.28. The zero-order chi connectivity index (χ0) is 16.1. The predicted octanol–water partition coefficient (Wildman–Crippen LogP) is 5.43. The van der Waals surface area contributed by atoms with Crippen LogP contribution in [0.4, 0.5) is 0 Å². The maximum absolute atomic E-state index is 6.49. The van der Waals surface area contributed by atoms with Crippen molar-refractivity contribution in [2.45, 2.75) is 25.4 Å². The third kappa shape index (κ3) is 2.01. The van der Waals surface area contributed by atoms with Gasteiger partial charge in [-0.15, -0.1) is 0 Å². The van der Waals surface area contributed by atoms with Gasteiger partial charge < -0.3 is 4.74 Å². The third-order valence-electron chi connectivity index (χ3n) is 5.55. The molecule has 1 aliphatic heterocycles. The van der Waals surface area contributed by atoms with Crippen LogP contribution in [-0.4, -0.2) is 0 Å². The zero-order valence-electron chi connectivity index (χ0n) is 13.8. The molecule has 0 radical (unpaired) electrons. The van der Waals surface area contributed by atoms with Crippen molar-refractivity contribution in [3.05, 3.63) is 101 Å². The Morgan fingerprint density at radius 1 is 0.833 bits per heavy atom. The second-order valence-electron chi connectivity index (χ2n) is 7.03. The molecule has 3 atom stereocenters. The van der Waals surface area contributed by atoms with Gasteiger partial charge in [-0.1, -0.05) is 72.3 Å². The number of hydrogen-bond acceptors (Lipinski definition) is 1. The lowest BCUT2D eigenvalue weighted by Gasteiger charge is -2.37. The minimum absolute atomic E-state index is 0.168. The summed E-state index contributed by atoms with van der Waals surface area (Å²) in [5, 5.41) is 0. The Kier molecular flexibility index (Phi) is 3.02. The van der Waals surface area contributed by atoms with Crippen molar-refractivity contribution in [2.24, 2.45) is 5.92 Å². The van der Waals surface area contributed by atoms with E-state index in [1.165, 1.54) is 27.8 Å². The van der Waals surface area contributed by atoms with E-state index in [0.717, 1.165) is 12.2 Å². The zero-order valence-corrected chi connectivity index (χ0v) is 13.8. The van der Waals surface area contributed by atoms with Crippen molar-refractivity contribution in [1.82, 2.24) is 0 Å². The Morgan fingerprint density at radius 2 is 1.62 bits per heavy atom. The van der Waals surface area contributed by atoms with Crippen molar-refractivity contribution < 1.29 is 4.74 Å². The number of fused-ring (bicyclic) bond motifs is 4. The molecular weight excluding hydrogens is 292 g/mol. The van der Waals surface area contributed by atoms with Gasteiger partial charge in [0.1, 0.15) is 11.9 Å². The SMILES string of the molecule is Cc1ccc2c(c1)[C@H](c1ccccc1)[C@@H]1Cc3ccccc3[C@@H]1O2. The second-order valence-corrected chi connectivity index (χ2v) is 7.03. The van der Waals surface area contributed by atoms with Crippen molar-refractivity contribution in [2.75, 3.05) is 0 Å². The number of hydrogen-bond donors (Lipinski definition) is 0. The molecule has 0 amide bonds. The van der Waals surface area contributed by atoms with Crippen molar-refractivity contribution in [1.29, 1.82) is 0 Å². The molecule has 0 N–H and O–H groups in total. The molecule has 0 bridgehead atoms. The molecule has 3 aromatic carbocycles. The van der Waals surface area contributed by atoms with Gasteiger partial charge in [0, 0.05) is 17.4 Å². The largest absolute Gasteiger partial charge is 0.485 e. The molecule has 0 spiro atoms. The molecule has 118 valence electrons. The normalized spacial score (nSPS) is 23.8. The highest BCUT2D eigenvalue weighted by atomic mass is 16.5. The van der Waals surface area contributed by atoms with E-state index in [9.17, 15) is 0 Å². The van der Waals surface area contributed by atoms with Crippen molar-refractivity contribution in [3.63, 3.8) is 0 Å². The summed E-state index contributed by atoms with van der Waals surface area (Å²) in [5.74, 6) is 1.92. The van der Waals surface area contributed by atoms with E-state index in [-0.39, 0.29) is 6.10 Å². The molecule has 0 unspecified atom stereocenters. The summed E-state index contributed by atoms with van der Waals surface area (Å²) in [6, 6.07) is 26.3. The molecule has 24 heavy (non-hydrogen) atoms. The summed E-state index contributed by atoms with van der Waals surface area (Å²) in [4.78, 5) is 0. The maximum Gasteiger partial charge on any atom is 0.128 e. The van der Waals surface area contributed by atoms with Crippen LogP contribution in [0.1, 0.15) is 39.8 Å². The molecule has 3 aromatic rings. The highest BCUT2D eigenvalue weighted by Crippen LogP contribution is 2.54. The molecule has 1 nitrogen and oxygen atoms in total. The smallest absolute Gasteiger partial charge is 0.128 e. The fourth-order valence-corrected chi connectivity index (χ4v) is 4.51. The van der Waals surface area contributed by atoms with E-state index in [2.05, 4.69) is 79.7 Å². The van der Waals surface area contributed by atoms with Crippen molar-refractivity contribution >= 4 is 0 Å². The average Bonchev–Trinajstić information content (AvgIpc) is 2.98. The first-order chi connectivity index (χ1) is 11.8. The lowest BCUT2D eigenvalue weighted by molar-refractivity contribution is 0.116. The minimum Gasteiger partial charge on any atom is -0.485 e. The number of rotatable bonds is 1. The number of benzene rings is 3. The monoisotopic (exact) mass is 312 g/mol. The summed E-state index contributed by atoms with van der Waals surface area (Å²) in [5.41, 5.74) is 6.85. The first-order valence-electron chi connectivity index (χ1n) is 8.71. The van der Waals surface area contributed by atoms with Crippen LogP contribution in [0, 0.1) is 12.8 Å². The average molecular weight is 312 g/mol. The summed E-state index contributed by atoms with van der Waals surface area (Å²) < 4.78 is 6.49. The van der Waals surface area contributed by atoms with Gasteiger partial charge in [-0.2, -0.15) is 0 Å². The highest BCUT2D eigenvalue weighted by molar-refractivity contribution is 5.50. The maximum atomic E-state index is 6.49. The van der Waals surface area contributed by atoms with E-state index >= 15 is 0 Å². The van der Waals surface area contributed by atoms with Crippen LogP contribution in [0.25, 0.3) is 0 Å². The lowest BCUT2D eigenvalue weighted by atomic mass is 9.75. The van der Waals surface area contributed by atoms with Gasteiger partial charge in [-0.05, 0) is 36.1 Å². The van der Waals surface area contributed by atoms with Crippen molar-refractivity contribution in [3.8, 4) is 5.75 Å². The van der Waals surface area contributed by atoms with E-state index in [1.54, 1.807) is 0 Å². The Morgan fingerprint density at radius 3 is 2.50 bits per heavy atom. The molecule has 0 saturated carbocycles. The summed E-state index contributed by atoms with van der Waals surface area (Å²) in [7, 11) is 0. The van der Waals surface area contributed by atoms with Gasteiger partial charge in [0.05, 0.1) is 0 Å². The Labute approximate surface area is 142 Å². The third-order valence-corrected chi connectivity index (χ3v) is 5.55. The first-order valence-corrected chi connectivity index (χ1v) is 8.71. The Hall–Kier alpha value is -2.54. The molecule has 0 aromatic heterocycles. The number of aryl methyl sites for hydroxylation is 1. The van der Waals surface area contributed by atoms with Crippen LogP contribution >= 0.6 is 0 Å². The Bertz CT molecular complexity index is 897. The minimum atomic E-state index is 0.168. The molecule has 5 rings (SSSR count). The fourth-order valence-electron chi connectivity index (χ4n) is 4.51. The predicted molar refractivity (Wildman–Crippen MR) is 96.5 cm³/mol. The van der Waals surface area contributed by atoms with E-state index in [0.29, 0.717) is 11.8 Å². The number of ether oxygens (including phenoxy) is 1. The summed E-state index contributed by atoms with van der Waals surface area (Å²) in [6.45, 7) is 2.16. The molecular formula is C23H20O. The van der Waals surface area contributed by atoms with Gasteiger partial charge >= 0.3 is 0 Å². The van der Waals surface area contributed by atoms with E-state index in [4.69, 9.17) is 4.74 Å². The van der Waals surface area contributed by atoms with Gasteiger partial charge in [-0.25, -0.2) is 0 Å². The quantitative estimate of drug-likeness (QED) is 0.582. The Balaban J connectivity index is 1.71. The molecule has 0 saturated heterocycles. The topological polar surface area (TPSA) is 9.23 Å². The first kappa shape index (κ1) is 13.9. The van der Waals surface area contributed by atoms with Crippen LogP contribution < -0.4 is 4.74 Å². The van der Waals surface area contributed by atoms with Crippen LogP contribution in [0.2, 0.25) is 0 Å². The molecule has 1 heteroatoms. The standard InChI is InChI=1S/C23H20O/c1-15-11-12-21-19(13-15)22(16-7-3-2-4-8-16)20-14-17-9-5-6-10-18(17)23(20)24-21/h2-13,20,22-23H,14H2,1H3/t20-,22-,23-/m0/s1. The summed E-state index contributed by atoms with van der Waals surface area (Å²) in [6.07, 6.45) is 1.26. The summed E-state index contributed by atoms with van der Waals surface area (Å²) >= 11 is 0. The molecule has 1 heterocycles. The van der Waals surface area contributed by atoms with Gasteiger partial charge in [0.15, 0.2) is 0 Å². The molecule has 0 fully saturated rings. The highest BCUT2D eigenvalue weighted by Gasteiger charge is 2.44. The van der Waals surface area contributed by atoms with Crippen LogP contribution in [0.15, 0.2) is 72.8 Å². The molecule has 1 aliphatic carbocycles. The van der Waals surface area contributed by atoms with Crippen LogP contribution in [-0.2, 0) is 6.42 Å². The van der Waals surface area contributed by atoms with Gasteiger partial charge in [0.25, 0.3) is 0 Å². The van der Waals surface area contributed by atoms with Crippen LogP contribution in [0.5, 0.6) is 5.75 Å².